The van der Waals surface area contributed by atoms with Gasteiger partial charge < -0.3 is 20.1 Å². The van der Waals surface area contributed by atoms with E-state index < -0.39 is 18.0 Å². The number of rotatable bonds is 7. The van der Waals surface area contributed by atoms with Gasteiger partial charge in [-0.3, -0.25) is 14.5 Å². The lowest BCUT2D eigenvalue weighted by molar-refractivity contribution is -0.0691. The highest BCUT2D eigenvalue weighted by atomic mass is 19.1. The van der Waals surface area contributed by atoms with Crippen LogP contribution in [0.1, 0.15) is 38.8 Å². The second-order valence-electron chi connectivity index (χ2n) is 14.0. The Bertz CT molecular complexity index is 2190. The standard InChI is InChI=1S/C36H40FN9O4/c1-21-17-44(25-19-50-20-25)10-11-45(21)24-6-7-31(39-16-24)41-30-14-29(42-43(5)34(30)48)26-8-9-38-33(27(26)18-47)46-35(49)32-22(15-40-46)12-23(13-28(32)37)36(2,3)4/h6-9,12-16,21,25,47H,10-11,17-20H2,1-5H3,(H,39,41)/t21-/m0/s1. The molecule has 14 heteroatoms. The molecule has 260 valence electrons. The molecule has 2 saturated heterocycles. The Hall–Kier alpha value is -5.05. The summed E-state index contributed by atoms with van der Waals surface area (Å²) in [7, 11) is 1.52. The van der Waals surface area contributed by atoms with E-state index in [1.165, 1.54) is 30.2 Å². The van der Waals surface area contributed by atoms with Crippen LogP contribution in [0.2, 0.25) is 0 Å². The van der Waals surface area contributed by atoms with Crippen LogP contribution in [0.5, 0.6) is 0 Å². The average Bonchev–Trinajstić information content (AvgIpc) is 3.05. The Kier molecular flexibility index (Phi) is 8.70. The van der Waals surface area contributed by atoms with Crippen LogP contribution in [0.3, 0.4) is 0 Å². The van der Waals surface area contributed by atoms with Gasteiger partial charge in [0.25, 0.3) is 11.1 Å². The van der Waals surface area contributed by atoms with E-state index >= 15 is 4.39 Å². The summed E-state index contributed by atoms with van der Waals surface area (Å²) in [5.74, 6) is -0.166. The first kappa shape index (κ1) is 33.4. The fourth-order valence-corrected chi connectivity index (χ4v) is 6.61. The molecule has 1 atom stereocenters. The maximum absolute atomic E-state index is 15.4. The van der Waals surface area contributed by atoms with E-state index in [4.69, 9.17) is 4.74 Å². The topological polar surface area (TPSA) is 144 Å². The Balaban J connectivity index is 1.18. The van der Waals surface area contributed by atoms with Crippen molar-refractivity contribution in [2.75, 3.05) is 43.1 Å². The third-order valence-electron chi connectivity index (χ3n) is 9.57. The van der Waals surface area contributed by atoms with Crippen molar-refractivity contribution in [2.45, 2.75) is 51.8 Å². The number of benzene rings is 1. The molecule has 50 heavy (non-hydrogen) atoms. The number of aliphatic hydroxyl groups is 1. The van der Waals surface area contributed by atoms with E-state index in [1.54, 1.807) is 24.4 Å². The van der Waals surface area contributed by atoms with Crippen molar-refractivity contribution in [3.05, 3.63) is 92.6 Å². The van der Waals surface area contributed by atoms with Crippen molar-refractivity contribution < 1.29 is 14.2 Å². The van der Waals surface area contributed by atoms with Crippen LogP contribution in [0.4, 0.5) is 21.6 Å². The van der Waals surface area contributed by atoms with Gasteiger partial charge in [-0.2, -0.15) is 14.9 Å². The van der Waals surface area contributed by atoms with Crippen LogP contribution in [-0.2, 0) is 23.8 Å². The fraction of sp³-hybridized carbons (Fsp3) is 0.389. The van der Waals surface area contributed by atoms with Crippen molar-refractivity contribution in [3.63, 3.8) is 0 Å². The van der Waals surface area contributed by atoms with Gasteiger partial charge in [-0.05, 0) is 54.3 Å². The molecule has 0 aliphatic carbocycles. The fourth-order valence-electron chi connectivity index (χ4n) is 6.61. The number of ether oxygens (including phenoxy) is 1. The lowest BCUT2D eigenvalue weighted by atomic mass is 9.86. The summed E-state index contributed by atoms with van der Waals surface area (Å²) in [4.78, 5) is 40.6. The van der Waals surface area contributed by atoms with E-state index in [-0.39, 0.29) is 33.4 Å². The number of aliphatic hydroxyl groups excluding tert-OH is 1. The average molecular weight is 682 g/mol. The number of nitrogens with zero attached hydrogens (tertiary/aromatic N) is 8. The summed E-state index contributed by atoms with van der Waals surface area (Å²) < 4.78 is 22.9. The second kappa shape index (κ2) is 13.0. The van der Waals surface area contributed by atoms with Gasteiger partial charge in [0.05, 0.1) is 55.0 Å². The van der Waals surface area contributed by atoms with Crippen molar-refractivity contribution >= 4 is 28.0 Å². The molecule has 0 unspecified atom stereocenters. The normalized spacial score (nSPS) is 17.3. The molecule has 1 aromatic carbocycles. The number of pyridine rings is 2. The minimum Gasteiger partial charge on any atom is -0.392 e. The lowest BCUT2D eigenvalue weighted by Gasteiger charge is -2.46. The van der Waals surface area contributed by atoms with Gasteiger partial charge in [-0.15, -0.1) is 0 Å². The molecule has 13 nitrogen and oxygen atoms in total. The number of aryl methyl sites for hydroxylation is 1. The third kappa shape index (κ3) is 6.14. The van der Waals surface area contributed by atoms with Crippen molar-refractivity contribution in [1.29, 1.82) is 0 Å². The van der Waals surface area contributed by atoms with Crippen LogP contribution >= 0.6 is 0 Å². The molecule has 2 N–H and O–H groups in total. The van der Waals surface area contributed by atoms with E-state index in [1.807, 2.05) is 32.9 Å². The van der Waals surface area contributed by atoms with E-state index in [2.05, 4.69) is 42.2 Å². The second-order valence-corrected chi connectivity index (χ2v) is 14.0. The quantitative estimate of drug-likeness (QED) is 0.261. The minimum absolute atomic E-state index is 0.0229. The van der Waals surface area contributed by atoms with Crippen LogP contribution in [0.25, 0.3) is 27.8 Å². The highest BCUT2D eigenvalue weighted by Crippen LogP contribution is 2.30. The van der Waals surface area contributed by atoms with Crippen LogP contribution in [0, 0.1) is 5.82 Å². The van der Waals surface area contributed by atoms with Gasteiger partial charge in [-0.25, -0.2) is 19.0 Å². The maximum atomic E-state index is 15.4. The molecule has 0 spiro atoms. The van der Waals surface area contributed by atoms with Gasteiger partial charge in [0.2, 0.25) is 0 Å². The molecule has 4 aromatic heterocycles. The van der Waals surface area contributed by atoms with Gasteiger partial charge >= 0.3 is 0 Å². The predicted octanol–water partition coefficient (Wildman–Crippen LogP) is 3.52. The third-order valence-corrected chi connectivity index (χ3v) is 9.57. The molecule has 0 saturated carbocycles. The molecule has 0 amide bonds. The summed E-state index contributed by atoms with van der Waals surface area (Å²) in [6.45, 7) is 12.0. The van der Waals surface area contributed by atoms with Crippen molar-refractivity contribution in [3.8, 4) is 17.1 Å². The number of anilines is 3. The van der Waals surface area contributed by atoms with Gasteiger partial charge in [0.1, 0.15) is 17.3 Å². The molecular formula is C36H40FN9O4. The van der Waals surface area contributed by atoms with E-state index in [0.717, 1.165) is 48.8 Å². The van der Waals surface area contributed by atoms with Gasteiger partial charge in [-0.1, -0.05) is 20.8 Å². The number of piperazine rings is 1. The number of hydrogen-bond donors (Lipinski definition) is 2. The number of nitrogens with one attached hydrogen (secondary N) is 1. The zero-order valence-corrected chi connectivity index (χ0v) is 28.7. The lowest BCUT2D eigenvalue weighted by Crippen LogP contribution is -2.59. The van der Waals surface area contributed by atoms with Crippen LogP contribution < -0.4 is 21.3 Å². The molecule has 7 rings (SSSR count). The van der Waals surface area contributed by atoms with Crippen LogP contribution in [-0.4, -0.2) is 84.5 Å². The van der Waals surface area contributed by atoms with Gasteiger partial charge in [0, 0.05) is 55.4 Å². The van der Waals surface area contributed by atoms with Crippen molar-refractivity contribution in [2.24, 2.45) is 7.05 Å². The monoisotopic (exact) mass is 681 g/mol. The molecule has 2 aliphatic heterocycles. The first-order valence-corrected chi connectivity index (χ1v) is 16.6. The Morgan fingerprint density at radius 1 is 1.04 bits per heavy atom. The number of fused-ring (bicyclic) bond motifs is 1. The zero-order chi connectivity index (χ0) is 35.3. The molecule has 0 bridgehead atoms. The molecule has 2 aliphatic rings. The first-order chi connectivity index (χ1) is 23.9. The number of halogens is 1. The Morgan fingerprint density at radius 3 is 2.50 bits per heavy atom. The largest absolute Gasteiger partial charge is 0.392 e. The summed E-state index contributed by atoms with van der Waals surface area (Å²) in [5, 5.41) is 22.7. The van der Waals surface area contributed by atoms with E-state index in [9.17, 15) is 14.7 Å². The summed E-state index contributed by atoms with van der Waals surface area (Å²) in [6, 6.07) is 10.9. The number of aromatic nitrogens is 6. The van der Waals surface area contributed by atoms with Crippen LogP contribution in [0.15, 0.2) is 64.6 Å². The number of hydrogen-bond acceptors (Lipinski definition) is 11. The molecule has 5 aromatic rings. The summed E-state index contributed by atoms with van der Waals surface area (Å²) >= 11 is 0. The first-order valence-electron chi connectivity index (χ1n) is 16.6. The zero-order valence-electron chi connectivity index (χ0n) is 28.7. The molecule has 6 heterocycles. The summed E-state index contributed by atoms with van der Waals surface area (Å²) in [6.07, 6.45) is 4.66. The molecule has 2 fully saturated rings. The predicted molar refractivity (Wildman–Crippen MR) is 189 cm³/mol. The Labute approximate surface area is 288 Å². The molecule has 0 radical (unpaired) electrons. The smallest absolute Gasteiger partial charge is 0.290 e. The highest BCUT2D eigenvalue weighted by molar-refractivity contribution is 5.83. The minimum atomic E-state index is -0.714. The SMILES string of the molecule is C[C@H]1CN(C2COC2)CCN1c1ccc(Nc2cc(-c3ccnc(-n4ncc5cc(C(C)(C)C)cc(F)c5c4=O)c3CO)nn(C)c2=O)nc1. The Morgan fingerprint density at radius 2 is 1.84 bits per heavy atom. The maximum Gasteiger partial charge on any atom is 0.290 e. The van der Waals surface area contributed by atoms with Crippen molar-refractivity contribution in [1.82, 2.24) is 34.4 Å². The molecular weight excluding hydrogens is 641 g/mol. The summed E-state index contributed by atoms with van der Waals surface area (Å²) in [5.41, 5.74) is 1.48. The van der Waals surface area contributed by atoms with E-state index in [0.29, 0.717) is 34.5 Å². The highest BCUT2D eigenvalue weighted by Gasteiger charge is 2.32. The van der Waals surface area contributed by atoms with Gasteiger partial charge in [0.15, 0.2) is 5.82 Å².